The maximum absolute atomic E-state index is 5.83. The van der Waals surface area contributed by atoms with Crippen molar-refractivity contribution in [1.82, 2.24) is 40.0 Å². The number of nitrogens with two attached hydrogens (primary N) is 2. The Labute approximate surface area is 269 Å². The van der Waals surface area contributed by atoms with Gasteiger partial charge in [-0.05, 0) is 54.1 Å². The van der Waals surface area contributed by atoms with Crippen LogP contribution in [0.15, 0.2) is 0 Å². The van der Waals surface area contributed by atoms with Gasteiger partial charge in [-0.25, -0.2) is 0 Å². The van der Waals surface area contributed by atoms with E-state index in [4.69, 9.17) is 11.5 Å². The van der Waals surface area contributed by atoms with Gasteiger partial charge in [-0.3, -0.25) is 9.80 Å². The zero-order valence-electron chi connectivity index (χ0n) is 29.9. The van der Waals surface area contributed by atoms with Gasteiger partial charge in [0.05, 0.1) is 0 Å². The Morgan fingerprint density at radius 3 is 1.35 bits per heavy atom. The average Bonchev–Trinajstić information content (AvgIpc) is 3.88. The first-order chi connectivity index (χ1) is 20.9. The molecule has 0 aliphatic heterocycles. The zero-order chi connectivity index (χ0) is 32.0. The molecule has 0 saturated heterocycles. The van der Waals surface area contributed by atoms with Crippen molar-refractivity contribution in [3.63, 3.8) is 0 Å². The summed E-state index contributed by atoms with van der Waals surface area (Å²) in [6.07, 6.45) is 9.55. The van der Waals surface area contributed by atoms with Gasteiger partial charge in [-0.2, -0.15) is 0 Å². The van der Waals surface area contributed by atoms with Crippen molar-refractivity contribution in [2.45, 2.75) is 58.8 Å². The minimum Gasteiger partial charge on any atom is -0.329 e. The standard InChI is InChI=1S/C30H72N10.C3H6/c1-7-9-16-37(23-21-35(4)5)26-29-40(24-22-36(6)18-12-32)30-27-38(17-10-8-2)25-28-39(19-14-33-3)20-15-34-13-11-31;1-2-3-1/h33-34H,7-32H2,1-6H3;1-3H2. The predicted molar refractivity (Wildman–Crippen MR) is 190 cm³/mol. The fraction of sp³-hybridized carbons (Fsp3) is 1.00. The molecule has 0 aromatic rings. The van der Waals surface area contributed by atoms with E-state index in [1.54, 1.807) is 0 Å². The molecule has 10 nitrogen and oxygen atoms in total. The van der Waals surface area contributed by atoms with Crippen LogP contribution >= 0.6 is 0 Å². The molecule has 1 saturated carbocycles. The number of likely N-dealkylation sites (N-methyl/N-ethyl adjacent to an activating group) is 3. The number of nitrogens with one attached hydrogen (secondary N) is 2. The first-order valence-electron chi connectivity index (χ1n) is 17.9. The van der Waals surface area contributed by atoms with Gasteiger partial charge in [0, 0.05) is 118 Å². The van der Waals surface area contributed by atoms with Crippen molar-refractivity contribution >= 4 is 0 Å². The summed E-state index contributed by atoms with van der Waals surface area (Å²) in [6, 6.07) is 0. The third kappa shape index (κ3) is 30.0. The number of hydrogen-bond acceptors (Lipinski definition) is 10. The molecule has 10 heteroatoms. The van der Waals surface area contributed by atoms with Crippen LogP contribution in [-0.4, -0.2) is 188 Å². The van der Waals surface area contributed by atoms with E-state index in [1.807, 2.05) is 7.05 Å². The van der Waals surface area contributed by atoms with Crippen LogP contribution in [0.5, 0.6) is 0 Å². The fourth-order valence-electron chi connectivity index (χ4n) is 4.67. The molecular formula is C33H78N10. The highest BCUT2D eigenvalue weighted by atomic mass is 15.3. The summed E-state index contributed by atoms with van der Waals surface area (Å²) in [7, 11) is 8.60. The molecule has 0 bridgehead atoms. The maximum Gasteiger partial charge on any atom is 0.0110 e. The highest BCUT2D eigenvalue weighted by molar-refractivity contribution is 4.71. The molecule has 0 atom stereocenters. The Morgan fingerprint density at radius 2 is 0.930 bits per heavy atom. The van der Waals surface area contributed by atoms with Crippen molar-refractivity contribution in [2.24, 2.45) is 11.5 Å². The van der Waals surface area contributed by atoms with Gasteiger partial charge in [-0.1, -0.05) is 46.0 Å². The summed E-state index contributed by atoms with van der Waals surface area (Å²) >= 11 is 0. The molecule has 260 valence electrons. The maximum atomic E-state index is 5.83. The summed E-state index contributed by atoms with van der Waals surface area (Å²) in [5.74, 6) is 0. The van der Waals surface area contributed by atoms with Crippen LogP contribution in [-0.2, 0) is 0 Å². The molecule has 0 amide bonds. The van der Waals surface area contributed by atoms with Crippen molar-refractivity contribution in [2.75, 3.05) is 159 Å². The van der Waals surface area contributed by atoms with E-state index in [2.05, 4.69) is 75.0 Å². The minimum atomic E-state index is 0.700. The Morgan fingerprint density at radius 1 is 0.488 bits per heavy atom. The van der Waals surface area contributed by atoms with E-state index >= 15 is 0 Å². The van der Waals surface area contributed by atoms with Crippen LogP contribution < -0.4 is 22.1 Å². The van der Waals surface area contributed by atoms with Gasteiger partial charge in [-0.15, -0.1) is 0 Å². The lowest BCUT2D eigenvalue weighted by Crippen LogP contribution is -2.46. The van der Waals surface area contributed by atoms with Gasteiger partial charge in [0.15, 0.2) is 0 Å². The van der Waals surface area contributed by atoms with E-state index in [0.717, 1.165) is 111 Å². The van der Waals surface area contributed by atoms with Crippen molar-refractivity contribution in [3.05, 3.63) is 0 Å². The van der Waals surface area contributed by atoms with Crippen molar-refractivity contribution < 1.29 is 0 Å². The molecule has 1 aliphatic rings. The Hall–Kier alpha value is -0.400. The van der Waals surface area contributed by atoms with Crippen LogP contribution in [0.1, 0.15) is 58.8 Å². The minimum absolute atomic E-state index is 0.700. The lowest BCUT2D eigenvalue weighted by molar-refractivity contribution is 0.148. The first kappa shape index (κ1) is 42.6. The van der Waals surface area contributed by atoms with E-state index in [-0.39, 0.29) is 0 Å². The highest BCUT2D eigenvalue weighted by Crippen LogP contribution is 2.14. The van der Waals surface area contributed by atoms with Crippen LogP contribution in [0.3, 0.4) is 0 Å². The average molecular weight is 615 g/mol. The molecule has 0 heterocycles. The van der Waals surface area contributed by atoms with E-state index in [1.165, 1.54) is 58.0 Å². The van der Waals surface area contributed by atoms with E-state index in [9.17, 15) is 0 Å². The fourth-order valence-corrected chi connectivity index (χ4v) is 4.67. The quantitative estimate of drug-likeness (QED) is 0.0854. The van der Waals surface area contributed by atoms with Crippen LogP contribution in [0.2, 0.25) is 0 Å². The second kappa shape index (κ2) is 31.6. The van der Waals surface area contributed by atoms with Gasteiger partial charge in [0.2, 0.25) is 0 Å². The summed E-state index contributed by atoms with van der Waals surface area (Å²) in [5, 5.41) is 6.78. The number of rotatable bonds is 31. The molecule has 0 aromatic heterocycles. The monoisotopic (exact) mass is 615 g/mol. The van der Waals surface area contributed by atoms with Gasteiger partial charge in [0.25, 0.3) is 0 Å². The number of hydrogen-bond donors (Lipinski definition) is 4. The molecule has 0 spiro atoms. The largest absolute Gasteiger partial charge is 0.329 e. The third-order valence-corrected chi connectivity index (χ3v) is 7.98. The molecule has 0 radical (unpaired) electrons. The Kier molecular flexibility index (Phi) is 31.3. The molecular weight excluding hydrogens is 536 g/mol. The Bertz CT molecular complexity index is 549. The molecule has 0 aromatic carbocycles. The van der Waals surface area contributed by atoms with Crippen molar-refractivity contribution in [1.29, 1.82) is 0 Å². The molecule has 43 heavy (non-hydrogen) atoms. The molecule has 6 N–H and O–H groups in total. The lowest BCUT2D eigenvalue weighted by Gasteiger charge is -2.32. The topological polar surface area (TPSA) is 95.5 Å². The van der Waals surface area contributed by atoms with Gasteiger partial charge < -0.3 is 41.7 Å². The second-order valence-corrected chi connectivity index (χ2v) is 12.7. The van der Waals surface area contributed by atoms with Crippen LogP contribution in [0, 0.1) is 0 Å². The van der Waals surface area contributed by atoms with Crippen LogP contribution in [0.25, 0.3) is 0 Å². The first-order valence-corrected chi connectivity index (χ1v) is 17.9. The number of unbranched alkanes of at least 4 members (excludes halogenated alkanes) is 2. The zero-order valence-corrected chi connectivity index (χ0v) is 29.9. The highest BCUT2D eigenvalue weighted by Gasteiger charge is 2.14. The van der Waals surface area contributed by atoms with E-state index < -0.39 is 0 Å². The second-order valence-electron chi connectivity index (χ2n) is 12.7. The number of nitrogens with zero attached hydrogens (tertiary/aromatic N) is 6. The SMILES string of the molecule is C1CC1.CCCCN(CCN(C)C)CCN(CCN(C)CCN)CCN(CCCC)CCN(CCNC)CCNCCN. The predicted octanol–water partition coefficient (Wildman–Crippen LogP) is 1.18. The summed E-state index contributed by atoms with van der Waals surface area (Å²) in [4.78, 5) is 15.4. The summed E-state index contributed by atoms with van der Waals surface area (Å²) in [5.41, 5.74) is 11.5. The summed E-state index contributed by atoms with van der Waals surface area (Å²) in [6.45, 7) is 25.7. The molecule has 1 rings (SSSR count). The Balaban J connectivity index is 0.00000549. The van der Waals surface area contributed by atoms with Crippen molar-refractivity contribution in [3.8, 4) is 0 Å². The van der Waals surface area contributed by atoms with E-state index in [0.29, 0.717) is 6.54 Å². The smallest absolute Gasteiger partial charge is 0.0110 e. The van der Waals surface area contributed by atoms with Crippen LogP contribution in [0.4, 0.5) is 0 Å². The lowest BCUT2D eigenvalue weighted by atomic mass is 10.3. The molecule has 1 fully saturated rings. The molecule has 0 unspecified atom stereocenters. The molecule has 1 aliphatic carbocycles. The third-order valence-electron chi connectivity index (χ3n) is 7.98. The van der Waals surface area contributed by atoms with Gasteiger partial charge >= 0.3 is 0 Å². The summed E-state index contributed by atoms with van der Waals surface area (Å²) < 4.78 is 0. The normalized spacial score (nSPS) is 13.3. The van der Waals surface area contributed by atoms with Gasteiger partial charge in [0.1, 0.15) is 0 Å².